The first-order chi connectivity index (χ1) is 10.7. The summed E-state index contributed by atoms with van der Waals surface area (Å²) in [7, 11) is 2.19. The average molecular weight is 294 g/mol. The number of likely N-dealkylation sites (N-methyl/N-ethyl adjacent to an activating group) is 1. The zero-order valence-electron chi connectivity index (χ0n) is 13.1. The highest BCUT2D eigenvalue weighted by atomic mass is 16.2. The number of benzene rings is 2. The lowest BCUT2D eigenvalue weighted by Crippen LogP contribution is -2.66. The molecule has 1 atom stereocenters. The van der Waals surface area contributed by atoms with Gasteiger partial charge in [-0.25, -0.2) is 0 Å². The van der Waals surface area contributed by atoms with Crippen LogP contribution in [0, 0.1) is 0 Å². The van der Waals surface area contributed by atoms with Gasteiger partial charge in [0, 0.05) is 30.7 Å². The monoisotopic (exact) mass is 294 g/mol. The summed E-state index contributed by atoms with van der Waals surface area (Å²) in [5.74, 6) is 0.185. The van der Waals surface area contributed by atoms with Gasteiger partial charge < -0.3 is 4.90 Å². The average Bonchev–Trinajstić information content (AvgIpc) is 2.59. The van der Waals surface area contributed by atoms with Gasteiger partial charge in [-0.05, 0) is 49.2 Å². The number of nitrogens with zero attached hydrogens (tertiary/aromatic N) is 2. The summed E-state index contributed by atoms with van der Waals surface area (Å²) >= 11 is 0. The molecule has 0 unspecified atom stereocenters. The highest BCUT2D eigenvalue weighted by Crippen LogP contribution is 2.37. The summed E-state index contributed by atoms with van der Waals surface area (Å²) in [5.41, 5.74) is 1.07. The predicted octanol–water partition coefficient (Wildman–Crippen LogP) is 3.15. The first kappa shape index (κ1) is 13.8. The smallest absolute Gasteiger partial charge is 0.253 e. The molecule has 3 heteroatoms. The summed E-state index contributed by atoms with van der Waals surface area (Å²) < 4.78 is 0. The van der Waals surface area contributed by atoms with E-state index in [-0.39, 0.29) is 11.4 Å². The number of rotatable bonds is 1. The van der Waals surface area contributed by atoms with Gasteiger partial charge in [-0.2, -0.15) is 0 Å². The second-order valence-electron chi connectivity index (χ2n) is 6.79. The molecule has 1 amide bonds. The summed E-state index contributed by atoms with van der Waals surface area (Å²) in [6.45, 7) is 2.94. The molecule has 2 saturated heterocycles. The van der Waals surface area contributed by atoms with Gasteiger partial charge in [0.05, 0.1) is 0 Å². The van der Waals surface area contributed by atoms with E-state index in [0.717, 1.165) is 37.0 Å². The Morgan fingerprint density at radius 2 is 1.86 bits per heavy atom. The Bertz CT molecular complexity index is 726. The van der Waals surface area contributed by atoms with Crippen molar-refractivity contribution >= 4 is 16.7 Å². The van der Waals surface area contributed by atoms with E-state index in [1.165, 1.54) is 18.2 Å². The Morgan fingerprint density at radius 3 is 2.59 bits per heavy atom. The normalized spacial score (nSPS) is 25.4. The molecule has 0 bridgehead atoms. The van der Waals surface area contributed by atoms with Crippen molar-refractivity contribution in [2.45, 2.75) is 24.8 Å². The number of amides is 1. The molecule has 0 saturated carbocycles. The van der Waals surface area contributed by atoms with Gasteiger partial charge in [0.1, 0.15) is 0 Å². The Kier molecular flexibility index (Phi) is 3.19. The lowest BCUT2D eigenvalue weighted by Gasteiger charge is -2.55. The second kappa shape index (κ2) is 5.10. The quantitative estimate of drug-likeness (QED) is 0.806. The fourth-order valence-corrected chi connectivity index (χ4v) is 3.96. The van der Waals surface area contributed by atoms with Crippen LogP contribution in [0.15, 0.2) is 42.5 Å². The van der Waals surface area contributed by atoms with Crippen molar-refractivity contribution < 1.29 is 4.79 Å². The molecule has 0 radical (unpaired) electrons. The van der Waals surface area contributed by atoms with Crippen molar-refractivity contribution in [3.8, 4) is 0 Å². The van der Waals surface area contributed by atoms with E-state index in [2.05, 4.69) is 35.0 Å². The van der Waals surface area contributed by atoms with E-state index < -0.39 is 0 Å². The van der Waals surface area contributed by atoms with Crippen LogP contribution >= 0.6 is 0 Å². The number of piperidine rings is 1. The molecule has 0 aliphatic carbocycles. The molecule has 2 heterocycles. The minimum Gasteiger partial charge on any atom is -0.337 e. The number of carbonyl (C=O) groups is 1. The van der Waals surface area contributed by atoms with Crippen molar-refractivity contribution in [2.75, 3.05) is 26.7 Å². The molecule has 0 aromatic heterocycles. The lowest BCUT2D eigenvalue weighted by molar-refractivity contribution is -0.0408. The van der Waals surface area contributed by atoms with E-state index in [4.69, 9.17) is 0 Å². The Hall–Kier alpha value is -1.87. The van der Waals surface area contributed by atoms with E-state index in [1.807, 2.05) is 24.3 Å². The number of likely N-dealkylation sites (tertiary alicyclic amines) is 2. The molecule has 4 rings (SSSR count). The molecule has 2 aliphatic rings. The van der Waals surface area contributed by atoms with Gasteiger partial charge >= 0.3 is 0 Å². The molecule has 0 N–H and O–H groups in total. The molecule has 3 nitrogen and oxygen atoms in total. The van der Waals surface area contributed by atoms with Gasteiger partial charge in [-0.1, -0.05) is 30.3 Å². The van der Waals surface area contributed by atoms with Crippen molar-refractivity contribution in [1.29, 1.82) is 0 Å². The Balaban J connectivity index is 1.59. The van der Waals surface area contributed by atoms with E-state index in [1.54, 1.807) is 0 Å². The summed E-state index contributed by atoms with van der Waals surface area (Å²) in [4.78, 5) is 17.4. The molecule has 22 heavy (non-hydrogen) atoms. The van der Waals surface area contributed by atoms with E-state index in [9.17, 15) is 4.79 Å². The van der Waals surface area contributed by atoms with Crippen LogP contribution in [0.1, 0.15) is 29.6 Å². The molecule has 1 spiro atoms. The van der Waals surface area contributed by atoms with E-state index >= 15 is 0 Å². The molecular weight excluding hydrogens is 272 g/mol. The van der Waals surface area contributed by atoms with Crippen molar-refractivity contribution in [3.05, 3.63) is 48.0 Å². The fourth-order valence-electron chi connectivity index (χ4n) is 3.96. The fraction of sp³-hybridized carbons (Fsp3) is 0.421. The van der Waals surface area contributed by atoms with Crippen LogP contribution in [0.2, 0.25) is 0 Å². The third kappa shape index (κ3) is 2.12. The number of hydrogen-bond donors (Lipinski definition) is 0. The molecule has 2 aromatic carbocycles. The van der Waals surface area contributed by atoms with Crippen molar-refractivity contribution in [1.82, 2.24) is 9.80 Å². The Labute approximate surface area is 131 Å². The van der Waals surface area contributed by atoms with Gasteiger partial charge in [0.25, 0.3) is 5.91 Å². The van der Waals surface area contributed by atoms with Gasteiger partial charge in [0.15, 0.2) is 0 Å². The minimum atomic E-state index is 0.185. The zero-order chi connectivity index (χ0) is 15.2. The highest BCUT2D eigenvalue weighted by Gasteiger charge is 2.45. The summed E-state index contributed by atoms with van der Waals surface area (Å²) in [5, 5.41) is 2.33. The highest BCUT2D eigenvalue weighted by molar-refractivity contribution is 5.98. The lowest BCUT2D eigenvalue weighted by atomic mass is 9.78. The van der Waals surface area contributed by atoms with Crippen LogP contribution < -0.4 is 0 Å². The minimum absolute atomic E-state index is 0.185. The molecular formula is C19H22N2O. The first-order valence-corrected chi connectivity index (χ1v) is 8.17. The SMILES string of the molecule is CN1CC[C@@]12CCCN(C(=O)c1ccc3ccccc3c1)C2. The van der Waals surface area contributed by atoms with Crippen LogP contribution in [0.3, 0.4) is 0 Å². The van der Waals surface area contributed by atoms with Crippen LogP contribution in [-0.4, -0.2) is 47.9 Å². The largest absolute Gasteiger partial charge is 0.337 e. The van der Waals surface area contributed by atoms with Gasteiger partial charge in [-0.15, -0.1) is 0 Å². The van der Waals surface area contributed by atoms with Crippen LogP contribution in [-0.2, 0) is 0 Å². The molecule has 2 fully saturated rings. The van der Waals surface area contributed by atoms with Crippen molar-refractivity contribution in [3.63, 3.8) is 0 Å². The van der Waals surface area contributed by atoms with Crippen molar-refractivity contribution in [2.24, 2.45) is 0 Å². The Morgan fingerprint density at radius 1 is 1.05 bits per heavy atom. The van der Waals surface area contributed by atoms with Gasteiger partial charge in [-0.3, -0.25) is 9.69 Å². The van der Waals surface area contributed by atoms with Crippen LogP contribution in [0.4, 0.5) is 0 Å². The van der Waals surface area contributed by atoms with Crippen LogP contribution in [0.5, 0.6) is 0 Å². The summed E-state index contributed by atoms with van der Waals surface area (Å²) in [6.07, 6.45) is 3.57. The summed E-state index contributed by atoms with van der Waals surface area (Å²) in [6, 6.07) is 14.3. The van der Waals surface area contributed by atoms with E-state index in [0.29, 0.717) is 0 Å². The predicted molar refractivity (Wildman–Crippen MR) is 89.1 cm³/mol. The van der Waals surface area contributed by atoms with Gasteiger partial charge in [0.2, 0.25) is 0 Å². The maximum absolute atomic E-state index is 12.9. The van der Waals surface area contributed by atoms with Crippen LogP contribution in [0.25, 0.3) is 10.8 Å². The first-order valence-electron chi connectivity index (χ1n) is 8.17. The number of hydrogen-bond acceptors (Lipinski definition) is 2. The maximum Gasteiger partial charge on any atom is 0.253 e. The topological polar surface area (TPSA) is 23.6 Å². The third-order valence-electron chi connectivity index (χ3n) is 5.56. The zero-order valence-corrected chi connectivity index (χ0v) is 13.1. The number of carbonyl (C=O) groups excluding carboxylic acids is 1. The number of fused-ring (bicyclic) bond motifs is 1. The molecule has 114 valence electrons. The molecule has 2 aromatic rings. The third-order valence-corrected chi connectivity index (χ3v) is 5.56. The standard InChI is InChI=1S/C19H22N2O/c1-20-12-10-19(20)9-4-11-21(14-19)18(22)17-8-7-15-5-2-3-6-16(15)13-17/h2-3,5-8,13H,4,9-12,14H2,1H3/t19-/m1/s1. The second-order valence-corrected chi connectivity index (χ2v) is 6.79. The maximum atomic E-state index is 12.9. The molecule has 2 aliphatic heterocycles.